The van der Waals surface area contributed by atoms with E-state index in [1.54, 1.807) is 6.92 Å². The van der Waals surface area contributed by atoms with Crippen LogP contribution in [0.3, 0.4) is 0 Å². The van der Waals surface area contributed by atoms with Crippen molar-refractivity contribution in [1.82, 2.24) is 25.9 Å². The van der Waals surface area contributed by atoms with Gasteiger partial charge in [-0.15, -0.1) is 0 Å². The van der Waals surface area contributed by atoms with Crippen LogP contribution in [-0.4, -0.2) is 73.9 Å². The van der Waals surface area contributed by atoms with Crippen LogP contribution in [0.25, 0.3) is 0 Å². The summed E-state index contributed by atoms with van der Waals surface area (Å²) >= 11 is 0. The van der Waals surface area contributed by atoms with E-state index in [9.17, 15) is 34.2 Å². The maximum Gasteiger partial charge on any atom is 0.326 e. The summed E-state index contributed by atoms with van der Waals surface area (Å²) in [6.45, 7) is 3.68. The Morgan fingerprint density at radius 1 is 0.949 bits per heavy atom. The molecule has 0 aliphatic carbocycles. The molecule has 0 saturated heterocycles. The first-order chi connectivity index (χ1) is 18.4. The van der Waals surface area contributed by atoms with Crippen LogP contribution in [0.15, 0.2) is 36.8 Å². The normalized spacial score (nSPS) is 14.7. The molecule has 0 saturated carbocycles. The number of H-pyrrole nitrogens is 1. The molecule has 5 unspecified atom stereocenters. The summed E-state index contributed by atoms with van der Waals surface area (Å²) in [5, 5.41) is 26.4. The number of benzene rings is 1. The molecule has 0 aliphatic rings. The number of carbonyl (C=O) groups is 5. The Bertz CT molecular complexity index is 1140. The van der Waals surface area contributed by atoms with Gasteiger partial charge < -0.3 is 42.6 Å². The van der Waals surface area contributed by atoms with Crippen molar-refractivity contribution < 1.29 is 34.2 Å². The van der Waals surface area contributed by atoms with Gasteiger partial charge >= 0.3 is 5.97 Å². The lowest BCUT2D eigenvalue weighted by atomic mass is 9.98. The van der Waals surface area contributed by atoms with Crippen LogP contribution in [-0.2, 0) is 36.8 Å². The number of hydrogen-bond acceptors (Lipinski definition) is 8. The molecular formula is C25H35N7O7. The van der Waals surface area contributed by atoms with Crippen molar-refractivity contribution in [2.75, 3.05) is 0 Å². The summed E-state index contributed by atoms with van der Waals surface area (Å²) in [4.78, 5) is 69.0. The summed E-state index contributed by atoms with van der Waals surface area (Å²) in [7, 11) is 0. The quantitative estimate of drug-likeness (QED) is 0.132. The van der Waals surface area contributed by atoms with Gasteiger partial charge in [0.15, 0.2) is 0 Å². The molecule has 1 aromatic heterocycles. The number of imidazole rings is 1. The first kappa shape index (κ1) is 30.8. The number of phenols is 1. The van der Waals surface area contributed by atoms with Crippen LogP contribution in [0.1, 0.15) is 37.9 Å². The van der Waals surface area contributed by atoms with Crippen molar-refractivity contribution >= 4 is 29.6 Å². The Hall–Kier alpha value is -4.46. The third kappa shape index (κ3) is 9.74. The molecule has 212 valence electrons. The molecule has 39 heavy (non-hydrogen) atoms. The zero-order valence-electron chi connectivity index (χ0n) is 21.7. The molecule has 2 rings (SSSR count). The molecule has 0 fully saturated rings. The number of aliphatic carboxylic acids is 1. The van der Waals surface area contributed by atoms with E-state index in [0.29, 0.717) is 17.7 Å². The molecule has 0 radical (unpaired) electrons. The lowest BCUT2D eigenvalue weighted by molar-refractivity contribution is -0.143. The molecule has 14 heteroatoms. The van der Waals surface area contributed by atoms with Crippen LogP contribution in [0.5, 0.6) is 5.75 Å². The molecule has 1 heterocycles. The second-order valence-corrected chi connectivity index (χ2v) is 9.26. The van der Waals surface area contributed by atoms with Gasteiger partial charge in [-0.05, 0) is 23.6 Å². The number of nitrogens with one attached hydrogen (secondary N) is 4. The zero-order chi connectivity index (χ0) is 29.1. The fourth-order valence-corrected chi connectivity index (χ4v) is 3.63. The molecule has 0 aliphatic heterocycles. The Balaban J connectivity index is 2.31. The fraction of sp³-hybridized carbons (Fsp3) is 0.440. The van der Waals surface area contributed by atoms with E-state index in [1.165, 1.54) is 36.8 Å². The van der Waals surface area contributed by atoms with Crippen LogP contribution in [0, 0.1) is 5.92 Å². The number of aromatic nitrogens is 2. The number of rotatable bonds is 15. The fourth-order valence-electron chi connectivity index (χ4n) is 3.63. The van der Waals surface area contributed by atoms with Crippen LogP contribution in [0.4, 0.5) is 0 Å². The Labute approximate surface area is 224 Å². The van der Waals surface area contributed by atoms with Crippen molar-refractivity contribution in [1.29, 1.82) is 0 Å². The standard InChI is InChI=1S/C25H35N7O7/c1-3-13(2)21(27)24(37)31-18(9-15-11-28-12-29-15)23(36)30-17(8-14-4-6-16(33)7-5-14)22(35)32-19(25(38)39)10-20(26)34/h4-7,11-13,17-19,21,33H,3,8-10,27H2,1-2H3,(H2,26,34)(H,28,29)(H,30,36)(H,31,37)(H,32,35)(H,38,39). The first-order valence-corrected chi connectivity index (χ1v) is 12.3. The van der Waals surface area contributed by atoms with Gasteiger partial charge in [-0.25, -0.2) is 9.78 Å². The molecule has 4 amide bonds. The van der Waals surface area contributed by atoms with Gasteiger partial charge in [0.25, 0.3) is 0 Å². The summed E-state index contributed by atoms with van der Waals surface area (Å²) < 4.78 is 0. The number of amides is 4. The van der Waals surface area contributed by atoms with Crippen molar-refractivity contribution in [2.24, 2.45) is 17.4 Å². The number of carbonyl (C=O) groups excluding carboxylic acids is 4. The van der Waals surface area contributed by atoms with Crippen molar-refractivity contribution in [3.63, 3.8) is 0 Å². The molecule has 2 aromatic rings. The van der Waals surface area contributed by atoms with Crippen molar-refractivity contribution in [3.05, 3.63) is 48.0 Å². The molecule has 0 bridgehead atoms. The highest BCUT2D eigenvalue weighted by Crippen LogP contribution is 2.13. The van der Waals surface area contributed by atoms with Crippen LogP contribution in [0.2, 0.25) is 0 Å². The van der Waals surface area contributed by atoms with E-state index >= 15 is 0 Å². The third-order valence-corrected chi connectivity index (χ3v) is 6.20. The minimum Gasteiger partial charge on any atom is -0.508 e. The maximum absolute atomic E-state index is 13.4. The zero-order valence-corrected chi connectivity index (χ0v) is 21.7. The van der Waals surface area contributed by atoms with Crippen molar-refractivity contribution in [3.8, 4) is 5.75 Å². The smallest absolute Gasteiger partial charge is 0.326 e. The van der Waals surface area contributed by atoms with E-state index < -0.39 is 60.2 Å². The number of nitrogens with zero attached hydrogens (tertiary/aromatic N) is 1. The van der Waals surface area contributed by atoms with Gasteiger partial charge in [0.1, 0.15) is 23.9 Å². The predicted octanol–water partition coefficient (Wildman–Crippen LogP) is -1.31. The molecule has 14 nitrogen and oxygen atoms in total. The topological polar surface area (TPSA) is 243 Å². The lowest BCUT2D eigenvalue weighted by Crippen LogP contribution is -2.58. The van der Waals surface area contributed by atoms with Gasteiger partial charge in [0, 0.05) is 24.7 Å². The highest BCUT2D eigenvalue weighted by molar-refractivity contribution is 5.95. The summed E-state index contributed by atoms with van der Waals surface area (Å²) in [6.07, 6.45) is 2.76. The number of carboxylic acids is 1. The molecule has 1 aromatic carbocycles. The largest absolute Gasteiger partial charge is 0.508 e. The van der Waals surface area contributed by atoms with Gasteiger partial charge in [-0.3, -0.25) is 19.2 Å². The minimum atomic E-state index is -1.62. The van der Waals surface area contributed by atoms with E-state index in [2.05, 4.69) is 25.9 Å². The van der Waals surface area contributed by atoms with Crippen molar-refractivity contribution in [2.45, 2.75) is 63.7 Å². The van der Waals surface area contributed by atoms with E-state index in [1.807, 2.05) is 6.92 Å². The van der Waals surface area contributed by atoms with Gasteiger partial charge in [0.05, 0.1) is 18.8 Å². The van der Waals surface area contributed by atoms with Crippen LogP contribution >= 0.6 is 0 Å². The highest BCUT2D eigenvalue weighted by atomic mass is 16.4. The first-order valence-electron chi connectivity index (χ1n) is 12.3. The SMILES string of the molecule is CCC(C)C(N)C(=O)NC(Cc1cnc[nH]1)C(=O)NC(Cc1ccc(O)cc1)C(=O)NC(CC(N)=O)C(=O)O. The lowest BCUT2D eigenvalue weighted by Gasteiger charge is -2.26. The van der Waals surface area contributed by atoms with Gasteiger partial charge in [-0.2, -0.15) is 0 Å². The number of nitrogens with two attached hydrogens (primary N) is 2. The summed E-state index contributed by atoms with van der Waals surface area (Å²) in [5.41, 5.74) is 12.2. The third-order valence-electron chi connectivity index (χ3n) is 6.20. The summed E-state index contributed by atoms with van der Waals surface area (Å²) in [5.74, 6) is -4.80. The Kier molecular flexibility index (Phi) is 11.4. The number of phenolic OH excluding ortho intramolecular Hbond substituents is 1. The predicted molar refractivity (Wildman–Crippen MR) is 139 cm³/mol. The highest BCUT2D eigenvalue weighted by Gasteiger charge is 2.32. The molecule has 0 spiro atoms. The number of carboxylic acid groups (broad SMARTS) is 1. The second-order valence-electron chi connectivity index (χ2n) is 9.26. The number of hydrogen-bond donors (Lipinski definition) is 8. The summed E-state index contributed by atoms with van der Waals surface area (Å²) in [6, 6.07) is 0.832. The van der Waals surface area contributed by atoms with Gasteiger partial charge in [-0.1, -0.05) is 32.4 Å². The van der Waals surface area contributed by atoms with Gasteiger partial charge in [0.2, 0.25) is 23.6 Å². The van der Waals surface area contributed by atoms with E-state index in [4.69, 9.17) is 11.5 Å². The Morgan fingerprint density at radius 3 is 2.03 bits per heavy atom. The van der Waals surface area contributed by atoms with E-state index in [0.717, 1.165) is 0 Å². The molecule has 10 N–H and O–H groups in total. The van der Waals surface area contributed by atoms with E-state index in [-0.39, 0.29) is 24.5 Å². The maximum atomic E-state index is 13.4. The second kappa shape index (κ2) is 14.5. The monoisotopic (exact) mass is 545 g/mol. The molecular weight excluding hydrogens is 510 g/mol. The average molecular weight is 546 g/mol. The Morgan fingerprint density at radius 2 is 1.51 bits per heavy atom. The number of aromatic hydroxyl groups is 1. The number of aromatic amines is 1. The van der Waals surface area contributed by atoms with Crippen LogP contribution < -0.4 is 27.4 Å². The number of primary amides is 1. The average Bonchev–Trinajstić information content (AvgIpc) is 3.40. The minimum absolute atomic E-state index is 0.00221. The molecule has 5 atom stereocenters.